The second-order valence-corrected chi connectivity index (χ2v) is 7.04. The van der Waals surface area contributed by atoms with Gasteiger partial charge in [0, 0.05) is 5.56 Å². The molecule has 28 heavy (non-hydrogen) atoms. The highest BCUT2D eigenvalue weighted by atomic mass is 35.5. The van der Waals surface area contributed by atoms with Crippen molar-refractivity contribution in [2.75, 3.05) is 6.61 Å². The largest absolute Gasteiger partial charge is 0.506 e. The minimum Gasteiger partial charge on any atom is -0.506 e. The van der Waals surface area contributed by atoms with Crippen molar-refractivity contribution in [2.45, 2.75) is 6.92 Å². The Labute approximate surface area is 169 Å². The van der Waals surface area contributed by atoms with E-state index in [0.29, 0.717) is 10.7 Å². The molecule has 144 valence electrons. The average molecular weight is 420 g/mol. The molecule has 2 aromatic carbocycles. The zero-order valence-electron chi connectivity index (χ0n) is 14.6. The molecule has 0 aliphatic carbocycles. The first-order valence-corrected chi connectivity index (χ1v) is 9.43. The highest BCUT2D eigenvalue weighted by Gasteiger charge is 2.33. The minimum atomic E-state index is -0.795. The van der Waals surface area contributed by atoms with Crippen LogP contribution in [0, 0.1) is 5.82 Å². The number of aliphatic imine (C=N–C) groups is 1. The lowest BCUT2D eigenvalue weighted by atomic mass is 10.1. The topological polar surface area (TPSA) is 79.1 Å². The molecule has 5 nitrogen and oxygen atoms in total. The van der Waals surface area contributed by atoms with Crippen molar-refractivity contribution in [2.24, 2.45) is 4.99 Å². The number of hydrogen-bond donors (Lipinski definition) is 2. The van der Waals surface area contributed by atoms with Gasteiger partial charge in [-0.1, -0.05) is 47.6 Å². The number of carbonyl (C=O) groups is 1. The van der Waals surface area contributed by atoms with Crippen LogP contribution in [0.15, 0.2) is 63.7 Å². The van der Waals surface area contributed by atoms with E-state index >= 15 is 0 Å². The lowest BCUT2D eigenvalue weighted by molar-refractivity contribution is -0.138. The SMILES string of the molecule is CCOC(=O)C1=C(O)/C(=C\c2cccc(F)c2O)SC1=Nc1ccccc1Cl. The maximum atomic E-state index is 13.6. The number of para-hydroxylation sites is 2. The summed E-state index contributed by atoms with van der Waals surface area (Å²) in [7, 11) is 0. The minimum absolute atomic E-state index is 0.114. The number of aliphatic hydroxyl groups excluding tert-OH is 1. The molecule has 0 radical (unpaired) electrons. The van der Waals surface area contributed by atoms with Crippen molar-refractivity contribution >= 4 is 46.1 Å². The molecule has 2 N–H and O–H groups in total. The Kier molecular flexibility index (Phi) is 6.06. The zero-order valence-corrected chi connectivity index (χ0v) is 16.2. The van der Waals surface area contributed by atoms with Crippen LogP contribution in [0.2, 0.25) is 5.02 Å². The van der Waals surface area contributed by atoms with E-state index in [-0.39, 0.29) is 33.5 Å². The number of ether oxygens (including phenoxy) is 1. The van der Waals surface area contributed by atoms with Gasteiger partial charge in [-0.05, 0) is 31.2 Å². The van der Waals surface area contributed by atoms with Crippen molar-refractivity contribution in [3.05, 3.63) is 75.1 Å². The van der Waals surface area contributed by atoms with Crippen molar-refractivity contribution in [1.29, 1.82) is 0 Å². The predicted octanol–water partition coefficient (Wildman–Crippen LogP) is 5.38. The fourth-order valence-corrected chi connectivity index (χ4v) is 3.63. The van der Waals surface area contributed by atoms with Crippen LogP contribution in [0.5, 0.6) is 5.75 Å². The fraction of sp³-hybridized carbons (Fsp3) is 0.100. The molecule has 0 atom stereocenters. The normalized spacial score (nSPS) is 16.8. The number of rotatable bonds is 4. The van der Waals surface area contributed by atoms with E-state index in [9.17, 15) is 19.4 Å². The van der Waals surface area contributed by atoms with Crippen LogP contribution in [-0.2, 0) is 9.53 Å². The molecule has 3 rings (SSSR count). The van der Waals surface area contributed by atoms with Gasteiger partial charge >= 0.3 is 5.97 Å². The predicted molar refractivity (Wildman–Crippen MR) is 108 cm³/mol. The molecule has 0 aromatic heterocycles. The number of thioether (sulfide) groups is 1. The summed E-state index contributed by atoms with van der Waals surface area (Å²) in [6.45, 7) is 1.76. The second-order valence-electron chi connectivity index (χ2n) is 5.60. The third-order valence-corrected chi connectivity index (χ3v) is 5.09. The van der Waals surface area contributed by atoms with Gasteiger partial charge in [-0.25, -0.2) is 14.2 Å². The van der Waals surface area contributed by atoms with Gasteiger partial charge in [-0.15, -0.1) is 0 Å². The molecule has 0 saturated heterocycles. The van der Waals surface area contributed by atoms with Crippen LogP contribution in [0.1, 0.15) is 12.5 Å². The summed E-state index contributed by atoms with van der Waals surface area (Å²) in [5.41, 5.74) is 0.446. The first-order valence-electron chi connectivity index (χ1n) is 8.23. The summed E-state index contributed by atoms with van der Waals surface area (Å²) in [6, 6.07) is 10.8. The first kappa shape index (κ1) is 20.0. The van der Waals surface area contributed by atoms with Gasteiger partial charge in [0.15, 0.2) is 11.6 Å². The van der Waals surface area contributed by atoms with Crippen LogP contribution < -0.4 is 0 Å². The number of nitrogens with zero attached hydrogens (tertiary/aromatic N) is 1. The maximum Gasteiger partial charge on any atom is 0.344 e. The standard InChI is InChI=1S/C20H15ClFNO4S/c1-2-27-20(26)16-18(25)15(10-11-6-5-8-13(22)17(11)24)28-19(16)23-14-9-4-3-7-12(14)21/h3-10,24-25H,2H2,1H3/b15-10+,23-19?. The third kappa shape index (κ3) is 4.05. The van der Waals surface area contributed by atoms with Crippen LogP contribution >= 0.6 is 23.4 Å². The molecular formula is C20H15ClFNO4S. The van der Waals surface area contributed by atoms with E-state index in [1.54, 1.807) is 31.2 Å². The van der Waals surface area contributed by atoms with E-state index in [1.807, 2.05) is 0 Å². The number of phenols is 1. The van der Waals surface area contributed by atoms with Gasteiger partial charge in [-0.3, -0.25) is 0 Å². The first-order chi connectivity index (χ1) is 13.4. The lowest BCUT2D eigenvalue weighted by Crippen LogP contribution is -2.12. The van der Waals surface area contributed by atoms with Gasteiger partial charge in [0.25, 0.3) is 0 Å². The number of aromatic hydroxyl groups is 1. The highest BCUT2D eigenvalue weighted by molar-refractivity contribution is 8.18. The molecule has 0 saturated carbocycles. The van der Waals surface area contributed by atoms with Gasteiger partial charge in [0.2, 0.25) is 0 Å². The molecule has 0 amide bonds. The Morgan fingerprint density at radius 3 is 2.71 bits per heavy atom. The molecule has 0 unspecified atom stereocenters. The molecule has 0 fully saturated rings. The third-order valence-electron chi connectivity index (χ3n) is 3.75. The molecule has 1 aliphatic rings. The van der Waals surface area contributed by atoms with E-state index in [0.717, 1.165) is 17.8 Å². The molecule has 2 aromatic rings. The number of esters is 1. The number of aliphatic hydroxyl groups is 1. The summed E-state index contributed by atoms with van der Waals surface area (Å²) < 4.78 is 18.6. The van der Waals surface area contributed by atoms with Crippen molar-refractivity contribution in [3.8, 4) is 5.75 Å². The van der Waals surface area contributed by atoms with Crippen molar-refractivity contribution in [1.82, 2.24) is 0 Å². The highest BCUT2D eigenvalue weighted by Crippen LogP contribution is 2.41. The Hall–Kier alpha value is -2.77. The number of halogens is 2. The molecule has 1 heterocycles. The van der Waals surface area contributed by atoms with E-state index in [1.165, 1.54) is 18.2 Å². The van der Waals surface area contributed by atoms with Crippen LogP contribution in [-0.4, -0.2) is 27.8 Å². The second kappa shape index (κ2) is 8.50. The number of carbonyl (C=O) groups excluding carboxylic acids is 1. The summed E-state index contributed by atoms with van der Waals surface area (Å²) in [4.78, 5) is 17.0. The van der Waals surface area contributed by atoms with Gasteiger partial charge in [0.1, 0.15) is 16.4 Å². The zero-order chi connectivity index (χ0) is 20.3. The Bertz CT molecular complexity index is 1030. The van der Waals surface area contributed by atoms with E-state index in [4.69, 9.17) is 16.3 Å². The Morgan fingerprint density at radius 2 is 2.00 bits per heavy atom. The maximum absolute atomic E-state index is 13.6. The summed E-state index contributed by atoms with van der Waals surface area (Å²) in [5, 5.41) is 21.0. The van der Waals surface area contributed by atoms with Gasteiger partial charge in [0.05, 0.1) is 22.2 Å². The van der Waals surface area contributed by atoms with Gasteiger partial charge < -0.3 is 14.9 Å². The van der Waals surface area contributed by atoms with E-state index in [2.05, 4.69) is 4.99 Å². The lowest BCUT2D eigenvalue weighted by Gasteiger charge is -2.04. The summed E-state index contributed by atoms with van der Waals surface area (Å²) in [6.07, 6.45) is 1.37. The average Bonchev–Trinajstić information content (AvgIpc) is 2.96. The fourth-order valence-electron chi connectivity index (χ4n) is 2.43. The summed E-state index contributed by atoms with van der Waals surface area (Å²) >= 11 is 7.12. The van der Waals surface area contributed by atoms with Crippen LogP contribution in [0.3, 0.4) is 0 Å². The van der Waals surface area contributed by atoms with Crippen molar-refractivity contribution < 1.29 is 24.1 Å². The van der Waals surface area contributed by atoms with E-state index < -0.39 is 17.5 Å². The molecule has 0 spiro atoms. The van der Waals surface area contributed by atoms with Gasteiger partial charge in [-0.2, -0.15) is 0 Å². The molecule has 1 aliphatic heterocycles. The Morgan fingerprint density at radius 1 is 1.25 bits per heavy atom. The van der Waals surface area contributed by atoms with Crippen LogP contribution in [0.25, 0.3) is 6.08 Å². The number of benzene rings is 2. The smallest absolute Gasteiger partial charge is 0.344 e. The molecule has 8 heteroatoms. The number of hydrogen-bond acceptors (Lipinski definition) is 6. The Balaban J connectivity index is 2.10. The quantitative estimate of drug-likeness (QED) is 0.650. The molecule has 0 bridgehead atoms. The van der Waals surface area contributed by atoms with Crippen LogP contribution in [0.4, 0.5) is 10.1 Å². The summed E-state index contributed by atoms with van der Waals surface area (Å²) in [5.74, 6) is -2.46. The molecular weight excluding hydrogens is 405 g/mol. The number of phenolic OH excluding ortho intramolecular Hbond substituents is 1. The monoisotopic (exact) mass is 419 g/mol. The van der Waals surface area contributed by atoms with Crippen molar-refractivity contribution in [3.63, 3.8) is 0 Å².